The Morgan fingerprint density at radius 2 is 1.67 bits per heavy atom. The fourth-order valence-electron chi connectivity index (χ4n) is 9.13. The van der Waals surface area contributed by atoms with Crippen LogP contribution < -0.4 is 0 Å². The molecule has 0 bridgehead atoms. The number of hydrogen-bond acceptors (Lipinski definition) is 7. The third-order valence-electron chi connectivity index (χ3n) is 11.0. The van der Waals surface area contributed by atoms with Crippen LogP contribution >= 0.6 is 0 Å². The molecule has 0 aromatic heterocycles. The largest absolute Gasteiger partial charge is 0.511 e. The number of benzene rings is 2. The Balaban J connectivity index is 1.39. The van der Waals surface area contributed by atoms with Crippen molar-refractivity contribution in [3.63, 3.8) is 0 Å². The van der Waals surface area contributed by atoms with Crippen LogP contribution in [0, 0.1) is 22.7 Å². The molecule has 0 aliphatic heterocycles. The minimum Gasteiger partial charge on any atom is -0.511 e. The summed E-state index contributed by atoms with van der Waals surface area (Å²) in [6.45, 7) is 8.26. The highest BCUT2D eigenvalue weighted by molar-refractivity contribution is 6.25. The molecule has 0 heterocycles. The van der Waals surface area contributed by atoms with Crippen molar-refractivity contribution in [3.8, 4) is 5.75 Å². The van der Waals surface area contributed by atoms with Gasteiger partial charge in [0.2, 0.25) is 5.78 Å². The number of allylic oxidation sites excluding steroid dienone is 6. The first-order chi connectivity index (χ1) is 21.7. The van der Waals surface area contributed by atoms with Gasteiger partial charge in [-0.3, -0.25) is 14.4 Å². The maximum atomic E-state index is 14.4. The van der Waals surface area contributed by atoms with E-state index in [0.29, 0.717) is 5.56 Å². The molecule has 4 N–H and O–H groups in total. The number of phenolic OH excluding ortho intramolecular Hbond substituents is 1. The number of aryl methyl sites for hydroxylation is 1. The maximum absolute atomic E-state index is 14.4. The molecule has 1 unspecified atom stereocenters. The van der Waals surface area contributed by atoms with E-state index in [1.807, 2.05) is 45.0 Å². The first kappa shape index (κ1) is 31.7. The predicted molar refractivity (Wildman–Crippen MR) is 175 cm³/mol. The molecule has 4 aliphatic rings. The zero-order valence-corrected chi connectivity index (χ0v) is 27.1. The second-order valence-corrected chi connectivity index (χ2v) is 14.5. The minimum atomic E-state index is -2.61. The Bertz CT molecular complexity index is 1810. The van der Waals surface area contributed by atoms with Gasteiger partial charge in [-0.15, -0.1) is 0 Å². The third kappa shape index (κ3) is 4.46. The fourth-order valence-corrected chi connectivity index (χ4v) is 9.13. The quantitative estimate of drug-likeness (QED) is 0.243. The van der Waals surface area contributed by atoms with Crippen LogP contribution in [0.5, 0.6) is 5.75 Å². The number of Topliss-reactive ketones (excluding diaryl/α,β-unsaturated/α-hetero) is 3. The van der Waals surface area contributed by atoms with Gasteiger partial charge in [-0.25, -0.2) is 0 Å². The van der Waals surface area contributed by atoms with Crippen molar-refractivity contribution in [2.45, 2.75) is 78.7 Å². The van der Waals surface area contributed by atoms with Crippen molar-refractivity contribution >= 4 is 22.9 Å². The van der Waals surface area contributed by atoms with E-state index in [1.165, 1.54) is 17.2 Å². The molecule has 0 fully saturated rings. The molecule has 0 amide bonds. The summed E-state index contributed by atoms with van der Waals surface area (Å²) in [4.78, 5) is 40.8. The van der Waals surface area contributed by atoms with E-state index in [0.717, 1.165) is 43.7 Å². The van der Waals surface area contributed by atoms with E-state index in [9.17, 15) is 34.8 Å². The van der Waals surface area contributed by atoms with Gasteiger partial charge in [0.1, 0.15) is 22.8 Å². The van der Waals surface area contributed by atoms with E-state index < -0.39 is 51.0 Å². The highest BCUT2D eigenvalue weighted by atomic mass is 16.3. The second-order valence-electron chi connectivity index (χ2n) is 14.5. The van der Waals surface area contributed by atoms with Crippen LogP contribution in [-0.4, -0.2) is 43.4 Å². The Morgan fingerprint density at radius 1 is 0.978 bits per heavy atom. The number of hydrogen-bond donors (Lipinski definition) is 4. The van der Waals surface area contributed by atoms with E-state index in [1.54, 1.807) is 6.92 Å². The van der Waals surface area contributed by atoms with E-state index in [4.69, 9.17) is 0 Å². The zero-order chi connectivity index (χ0) is 33.3. The fraction of sp³-hybridized carbons (Fsp3) is 0.410. The molecule has 46 heavy (non-hydrogen) atoms. The van der Waals surface area contributed by atoms with Crippen LogP contribution in [0.1, 0.15) is 87.4 Å². The smallest absolute Gasteiger partial charge is 0.209 e. The number of fused-ring (bicyclic) bond motifs is 3. The monoisotopic (exact) mass is 622 g/mol. The topological polar surface area (TPSA) is 132 Å². The molecular formula is C39H42O7. The normalized spacial score (nSPS) is 29.0. The second kappa shape index (κ2) is 10.9. The Hall–Kier alpha value is -4.23. The van der Waals surface area contributed by atoms with Gasteiger partial charge in [-0.2, -0.15) is 0 Å². The van der Waals surface area contributed by atoms with Gasteiger partial charge in [0.05, 0.1) is 5.56 Å². The maximum Gasteiger partial charge on any atom is 0.209 e. The molecule has 0 saturated heterocycles. The number of carbonyl (C=O) groups is 3. The van der Waals surface area contributed by atoms with Gasteiger partial charge in [0, 0.05) is 22.3 Å². The van der Waals surface area contributed by atoms with Crippen molar-refractivity contribution in [3.05, 3.63) is 105 Å². The predicted octanol–water partition coefficient (Wildman–Crippen LogP) is 7.08. The number of carbonyl (C=O) groups excluding carboxylic acids is 3. The molecule has 6 rings (SSSR count). The number of phenols is 1. The van der Waals surface area contributed by atoms with Crippen molar-refractivity contribution < 1.29 is 34.8 Å². The molecule has 2 aromatic carbocycles. The number of aliphatic hydroxyl groups excluding tert-OH is 2. The molecule has 240 valence electrons. The standard InChI is InChI=1S/C39H42O7/c1-21(2)31-33(42)29(22(3)40)35(44)39(46)36(45)32-34(43)30-27(19-37(32,4)20-38(31,39)5)26(16-17-28(30)41)25-15-14-24(18-25)13-9-12-23-10-7-6-8-11-23/h6-8,10-11,14-17,21,31,41-42,45-46H,9,12-13,18-20H2,1-5H3/t31?,37-,38-,39+/m1/s1. The lowest BCUT2D eigenvalue weighted by molar-refractivity contribution is -0.171. The van der Waals surface area contributed by atoms with E-state index in [-0.39, 0.29) is 41.4 Å². The van der Waals surface area contributed by atoms with Crippen molar-refractivity contribution in [1.29, 1.82) is 0 Å². The van der Waals surface area contributed by atoms with Crippen LogP contribution in [0.4, 0.5) is 0 Å². The number of aliphatic hydroxyl groups is 3. The molecule has 4 aliphatic carbocycles. The lowest BCUT2D eigenvalue weighted by atomic mass is 9.44. The highest BCUT2D eigenvalue weighted by Crippen LogP contribution is 2.65. The number of ketones is 3. The Labute approximate surface area is 269 Å². The Kier molecular flexibility index (Phi) is 7.55. The summed E-state index contributed by atoms with van der Waals surface area (Å²) in [5.41, 5.74) is -0.601. The summed E-state index contributed by atoms with van der Waals surface area (Å²) in [5, 5.41) is 46.5. The molecule has 0 radical (unpaired) electrons. The SMILES string of the molecule is CC(=O)C1=C(O)C(C(C)C)[C@@]2(C)C[C@@]3(C)Cc4c(C5=CC=C(CCCc6ccccc6)C5)ccc(O)c4C(=O)C3=C(O)[C@@]2(O)C1=O. The van der Waals surface area contributed by atoms with Crippen LogP contribution in [0.2, 0.25) is 0 Å². The number of rotatable bonds is 7. The van der Waals surface area contributed by atoms with Gasteiger partial charge >= 0.3 is 0 Å². The molecule has 0 spiro atoms. The molecular weight excluding hydrogens is 580 g/mol. The highest BCUT2D eigenvalue weighted by Gasteiger charge is 2.71. The van der Waals surface area contributed by atoms with Crippen LogP contribution in [0.3, 0.4) is 0 Å². The van der Waals surface area contributed by atoms with Crippen molar-refractivity contribution in [2.24, 2.45) is 22.7 Å². The van der Waals surface area contributed by atoms with Crippen LogP contribution in [-0.2, 0) is 22.4 Å². The summed E-state index contributed by atoms with van der Waals surface area (Å²) in [5.74, 6) is -5.08. The zero-order valence-electron chi connectivity index (χ0n) is 27.1. The molecule has 4 atom stereocenters. The van der Waals surface area contributed by atoms with Crippen LogP contribution in [0.25, 0.3) is 5.57 Å². The summed E-state index contributed by atoms with van der Waals surface area (Å²) < 4.78 is 0. The lowest BCUT2D eigenvalue weighted by Crippen LogP contribution is -2.67. The van der Waals surface area contributed by atoms with E-state index >= 15 is 0 Å². The average molecular weight is 623 g/mol. The lowest BCUT2D eigenvalue weighted by Gasteiger charge is -2.59. The van der Waals surface area contributed by atoms with Gasteiger partial charge in [0.15, 0.2) is 17.2 Å². The minimum absolute atomic E-state index is 0.0519. The molecule has 7 nitrogen and oxygen atoms in total. The van der Waals surface area contributed by atoms with E-state index in [2.05, 4.69) is 24.3 Å². The third-order valence-corrected chi connectivity index (χ3v) is 11.0. The van der Waals surface area contributed by atoms with Crippen LogP contribution in [0.15, 0.2) is 82.9 Å². The van der Waals surface area contributed by atoms with Gasteiger partial charge in [-0.05, 0) is 79.7 Å². The summed E-state index contributed by atoms with van der Waals surface area (Å²) in [6.07, 6.45) is 8.19. The first-order valence-electron chi connectivity index (χ1n) is 16.1. The summed E-state index contributed by atoms with van der Waals surface area (Å²) in [7, 11) is 0. The average Bonchev–Trinajstić information content (AvgIpc) is 3.43. The summed E-state index contributed by atoms with van der Waals surface area (Å²) in [6, 6.07) is 13.7. The Morgan fingerprint density at radius 3 is 2.33 bits per heavy atom. The van der Waals surface area contributed by atoms with Gasteiger partial charge in [0.25, 0.3) is 0 Å². The van der Waals surface area contributed by atoms with Gasteiger partial charge in [-0.1, -0.05) is 81.8 Å². The summed E-state index contributed by atoms with van der Waals surface area (Å²) >= 11 is 0. The van der Waals surface area contributed by atoms with Crippen molar-refractivity contribution in [1.82, 2.24) is 0 Å². The molecule has 2 aromatic rings. The van der Waals surface area contributed by atoms with Crippen molar-refractivity contribution in [2.75, 3.05) is 0 Å². The number of aromatic hydroxyl groups is 1. The molecule has 7 heteroatoms. The van der Waals surface area contributed by atoms with Gasteiger partial charge < -0.3 is 20.4 Å². The molecule has 0 saturated carbocycles. The first-order valence-corrected chi connectivity index (χ1v) is 16.1.